The molecule has 4 rings (SSSR count). The molecule has 1 aliphatic heterocycles. The lowest BCUT2D eigenvalue weighted by Gasteiger charge is -2.15. The number of carbonyl (C=O) groups excluding carboxylic acids is 2. The summed E-state index contributed by atoms with van der Waals surface area (Å²) < 4.78 is 0. The Bertz CT molecular complexity index is 600. The average Bonchev–Trinajstić information content (AvgIpc) is 3.31. The topological polar surface area (TPSA) is 58.2 Å². The predicted molar refractivity (Wildman–Crippen MR) is 75.5 cm³/mol. The highest BCUT2D eigenvalue weighted by Crippen LogP contribution is 2.60. The van der Waals surface area contributed by atoms with Crippen molar-refractivity contribution < 1.29 is 9.59 Å². The molecule has 1 aromatic rings. The van der Waals surface area contributed by atoms with Gasteiger partial charge in [0.15, 0.2) is 0 Å². The van der Waals surface area contributed by atoms with Gasteiger partial charge in [-0.25, -0.2) is 0 Å². The second-order valence-electron chi connectivity index (χ2n) is 6.42. The lowest BCUT2D eigenvalue weighted by Crippen LogP contribution is -2.31. The van der Waals surface area contributed by atoms with Crippen LogP contribution in [0.15, 0.2) is 18.2 Å². The fourth-order valence-electron chi connectivity index (χ4n) is 3.31. The standard InChI is InChI=1S/C16H18N2O2/c19-14-8-11-7-10(1-4-13(11)18-14)15(20)17-9-16(5-6-16)12-2-3-12/h1,4,7,12H,2-3,5-6,8-9H2,(H,17,20)(H,18,19). The second kappa shape index (κ2) is 4.08. The first-order valence-corrected chi connectivity index (χ1v) is 7.37. The quantitative estimate of drug-likeness (QED) is 0.880. The van der Waals surface area contributed by atoms with E-state index in [9.17, 15) is 9.59 Å². The molecule has 0 spiro atoms. The van der Waals surface area contributed by atoms with Crippen LogP contribution < -0.4 is 10.6 Å². The molecule has 0 bridgehead atoms. The van der Waals surface area contributed by atoms with Crippen LogP contribution in [0.1, 0.15) is 41.6 Å². The lowest BCUT2D eigenvalue weighted by atomic mass is 10.0. The van der Waals surface area contributed by atoms with E-state index in [-0.39, 0.29) is 11.8 Å². The van der Waals surface area contributed by atoms with Crippen molar-refractivity contribution in [1.29, 1.82) is 0 Å². The molecule has 20 heavy (non-hydrogen) atoms. The van der Waals surface area contributed by atoms with E-state index in [4.69, 9.17) is 0 Å². The number of hydrogen-bond acceptors (Lipinski definition) is 2. The molecule has 0 radical (unpaired) electrons. The van der Waals surface area contributed by atoms with E-state index in [1.54, 1.807) is 6.07 Å². The summed E-state index contributed by atoms with van der Waals surface area (Å²) in [5.74, 6) is 0.840. The van der Waals surface area contributed by atoms with Crippen molar-refractivity contribution in [3.05, 3.63) is 29.3 Å². The Kier molecular flexibility index (Phi) is 2.43. The number of hydrogen-bond donors (Lipinski definition) is 2. The first-order valence-electron chi connectivity index (χ1n) is 7.37. The molecule has 1 aromatic carbocycles. The Balaban J connectivity index is 1.44. The molecule has 3 aliphatic rings. The minimum atomic E-state index is -0.0147. The largest absolute Gasteiger partial charge is 0.351 e. The maximum absolute atomic E-state index is 12.2. The molecular weight excluding hydrogens is 252 g/mol. The molecule has 0 atom stereocenters. The van der Waals surface area contributed by atoms with Crippen molar-refractivity contribution in [2.45, 2.75) is 32.1 Å². The number of benzene rings is 1. The smallest absolute Gasteiger partial charge is 0.251 e. The Morgan fingerprint density at radius 1 is 1.35 bits per heavy atom. The molecule has 0 saturated heterocycles. The summed E-state index contributed by atoms with van der Waals surface area (Å²) in [4.78, 5) is 23.5. The molecule has 2 aliphatic carbocycles. The molecule has 1 heterocycles. The number of carbonyl (C=O) groups is 2. The number of anilines is 1. The summed E-state index contributed by atoms with van der Waals surface area (Å²) >= 11 is 0. The predicted octanol–water partition coefficient (Wildman–Crippen LogP) is 2.10. The van der Waals surface area contributed by atoms with Crippen molar-refractivity contribution in [1.82, 2.24) is 5.32 Å². The van der Waals surface area contributed by atoms with Gasteiger partial charge in [0.05, 0.1) is 6.42 Å². The van der Waals surface area contributed by atoms with Crippen LogP contribution in [-0.2, 0) is 11.2 Å². The Hall–Kier alpha value is -1.84. The highest BCUT2D eigenvalue weighted by molar-refractivity contribution is 6.01. The minimum absolute atomic E-state index is 0.00299. The molecule has 2 N–H and O–H groups in total. The molecule has 2 fully saturated rings. The van der Waals surface area contributed by atoms with Gasteiger partial charge < -0.3 is 10.6 Å². The normalized spacial score (nSPS) is 22.1. The van der Waals surface area contributed by atoms with E-state index in [1.165, 1.54) is 25.7 Å². The zero-order valence-electron chi connectivity index (χ0n) is 11.4. The van der Waals surface area contributed by atoms with Gasteiger partial charge >= 0.3 is 0 Å². The summed E-state index contributed by atoms with van der Waals surface area (Å²) in [6, 6.07) is 5.44. The monoisotopic (exact) mass is 270 g/mol. The van der Waals surface area contributed by atoms with Crippen molar-refractivity contribution in [2.24, 2.45) is 11.3 Å². The van der Waals surface area contributed by atoms with Gasteiger partial charge in [0.25, 0.3) is 5.91 Å². The van der Waals surface area contributed by atoms with Crippen LogP contribution in [0.5, 0.6) is 0 Å². The highest BCUT2D eigenvalue weighted by atomic mass is 16.2. The number of nitrogens with one attached hydrogen (secondary N) is 2. The van der Waals surface area contributed by atoms with Gasteiger partial charge in [-0.2, -0.15) is 0 Å². The summed E-state index contributed by atoms with van der Waals surface area (Å²) in [6.07, 6.45) is 5.58. The molecule has 104 valence electrons. The highest BCUT2D eigenvalue weighted by Gasteiger charge is 2.53. The van der Waals surface area contributed by atoms with Gasteiger partial charge in [-0.3, -0.25) is 9.59 Å². The minimum Gasteiger partial charge on any atom is -0.351 e. The molecule has 2 saturated carbocycles. The fraction of sp³-hybridized carbons (Fsp3) is 0.500. The van der Waals surface area contributed by atoms with Crippen molar-refractivity contribution in [3.8, 4) is 0 Å². The van der Waals surface area contributed by atoms with Crippen LogP contribution >= 0.6 is 0 Å². The van der Waals surface area contributed by atoms with Crippen LogP contribution in [0.3, 0.4) is 0 Å². The van der Waals surface area contributed by atoms with E-state index in [2.05, 4.69) is 10.6 Å². The molecular formula is C16H18N2O2. The van der Waals surface area contributed by atoms with Gasteiger partial charge in [-0.05, 0) is 60.8 Å². The van der Waals surface area contributed by atoms with Gasteiger partial charge in [0.1, 0.15) is 0 Å². The Morgan fingerprint density at radius 3 is 2.85 bits per heavy atom. The molecule has 4 nitrogen and oxygen atoms in total. The number of rotatable bonds is 4. The van der Waals surface area contributed by atoms with Gasteiger partial charge in [0.2, 0.25) is 5.91 Å². The van der Waals surface area contributed by atoms with Gasteiger partial charge in [-0.15, -0.1) is 0 Å². The van der Waals surface area contributed by atoms with Crippen molar-refractivity contribution >= 4 is 17.5 Å². The Labute approximate surface area is 117 Å². The Morgan fingerprint density at radius 2 is 2.15 bits per heavy atom. The summed E-state index contributed by atoms with van der Waals surface area (Å²) in [5, 5.41) is 5.86. The third-order valence-electron chi connectivity index (χ3n) is 4.93. The number of fused-ring (bicyclic) bond motifs is 1. The third-order valence-corrected chi connectivity index (χ3v) is 4.93. The second-order valence-corrected chi connectivity index (χ2v) is 6.42. The van der Waals surface area contributed by atoms with Crippen LogP contribution in [0, 0.1) is 11.3 Å². The summed E-state index contributed by atoms with van der Waals surface area (Å²) in [6.45, 7) is 0.810. The number of amides is 2. The van der Waals surface area contributed by atoms with E-state index in [0.717, 1.165) is 23.7 Å². The van der Waals surface area contributed by atoms with Crippen molar-refractivity contribution in [3.63, 3.8) is 0 Å². The first kappa shape index (κ1) is 11.9. The first-order chi connectivity index (χ1) is 9.66. The third kappa shape index (κ3) is 1.99. The van der Waals surface area contributed by atoms with E-state index >= 15 is 0 Å². The average molecular weight is 270 g/mol. The van der Waals surface area contributed by atoms with Crippen LogP contribution in [0.2, 0.25) is 0 Å². The summed E-state index contributed by atoms with van der Waals surface area (Å²) in [7, 11) is 0. The van der Waals surface area contributed by atoms with E-state index in [0.29, 0.717) is 17.4 Å². The molecule has 0 unspecified atom stereocenters. The van der Waals surface area contributed by atoms with E-state index < -0.39 is 0 Å². The van der Waals surface area contributed by atoms with Crippen LogP contribution in [-0.4, -0.2) is 18.4 Å². The van der Waals surface area contributed by atoms with Gasteiger partial charge in [-0.1, -0.05) is 0 Å². The van der Waals surface area contributed by atoms with Gasteiger partial charge in [0, 0.05) is 17.8 Å². The van der Waals surface area contributed by atoms with Crippen LogP contribution in [0.4, 0.5) is 5.69 Å². The SMILES string of the molecule is O=C1Cc2cc(C(=O)NCC3(C4CC4)CC3)ccc2N1. The van der Waals surface area contributed by atoms with Crippen molar-refractivity contribution in [2.75, 3.05) is 11.9 Å². The zero-order chi connectivity index (χ0) is 13.7. The maximum Gasteiger partial charge on any atom is 0.251 e. The fourth-order valence-corrected chi connectivity index (χ4v) is 3.31. The maximum atomic E-state index is 12.2. The van der Waals surface area contributed by atoms with Crippen LogP contribution in [0.25, 0.3) is 0 Å². The lowest BCUT2D eigenvalue weighted by molar-refractivity contribution is -0.115. The molecule has 4 heteroatoms. The summed E-state index contributed by atoms with van der Waals surface area (Å²) in [5.41, 5.74) is 2.84. The van der Waals surface area contributed by atoms with E-state index in [1.807, 2.05) is 12.1 Å². The zero-order valence-corrected chi connectivity index (χ0v) is 11.4. The molecule has 2 amide bonds. The molecule has 0 aromatic heterocycles.